The van der Waals surface area contributed by atoms with E-state index in [2.05, 4.69) is 5.32 Å². The van der Waals surface area contributed by atoms with Crippen molar-refractivity contribution in [2.24, 2.45) is 5.92 Å². The molecule has 0 rings (SSSR count). The van der Waals surface area contributed by atoms with Gasteiger partial charge in [-0.1, -0.05) is 13.8 Å². The van der Waals surface area contributed by atoms with Gasteiger partial charge in [0.2, 0.25) is 0 Å². The molecule has 19 heavy (non-hydrogen) atoms. The van der Waals surface area contributed by atoms with Crippen molar-refractivity contribution in [1.29, 1.82) is 0 Å². The highest BCUT2D eigenvalue weighted by Gasteiger charge is 2.27. The van der Waals surface area contributed by atoms with Gasteiger partial charge in [0.15, 0.2) is 0 Å². The van der Waals surface area contributed by atoms with Crippen molar-refractivity contribution in [3.05, 3.63) is 0 Å². The van der Waals surface area contributed by atoms with Crippen LogP contribution in [0.2, 0.25) is 0 Å². The largest absolute Gasteiger partial charge is 0.480 e. The molecule has 2 atom stereocenters. The van der Waals surface area contributed by atoms with Gasteiger partial charge in [0, 0.05) is 19.1 Å². The molecule has 0 radical (unpaired) electrons. The van der Waals surface area contributed by atoms with Crippen LogP contribution < -0.4 is 5.32 Å². The summed E-state index contributed by atoms with van der Waals surface area (Å²) in [7, 11) is 3.88. The molecule has 0 aliphatic carbocycles. The zero-order chi connectivity index (χ0) is 15.2. The van der Waals surface area contributed by atoms with Crippen LogP contribution in [0.5, 0.6) is 0 Å². The molecule has 0 bridgehead atoms. The minimum atomic E-state index is -1.00. The highest BCUT2D eigenvalue weighted by atomic mass is 16.4. The monoisotopic (exact) mass is 273 g/mol. The lowest BCUT2D eigenvalue weighted by molar-refractivity contribution is -0.140. The summed E-state index contributed by atoms with van der Waals surface area (Å²) in [6, 6.07) is -1.15. The zero-order valence-electron chi connectivity index (χ0n) is 12.8. The molecule has 0 aromatic heterocycles. The van der Waals surface area contributed by atoms with Crippen LogP contribution in [-0.4, -0.2) is 66.2 Å². The second kappa shape index (κ2) is 7.99. The van der Waals surface area contributed by atoms with Gasteiger partial charge in [-0.3, -0.25) is 0 Å². The van der Waals surface area contributed by atoms with E-state index in [1.807, 2.05) is 32.8 Å². The van der Waals surface area contributed by atoms with Gasteiger partial charge in [0.05, 0.1) is 0 Å². The van der Waals surface area contributed by atoms with Crippen molar-refractivity contribution in [2.45, 2.75) is 39.8 Å². The zero-order valence-corrected chi connectivity index (χ0v) is 12.8. The third-order valence-corrected chi connectivity index (χ3v) is 2.97. The number of hydrogen-bond acceptors (Lipinski definition) is 3. The van der Waals surface area contributed by atoms with Crippen molar-refractivity contribution < 1.29 is 14.7 Å². The average molecular weight is 273 g/mol. The topological polar surface area (TPSA) is 72.9 Å². The smallest absolute Gasteiger partial charge is 0.326 e. The van der Waals surface area contributed by atoms with Gasteiger partial charge in [-0.25, -0.2) is 9.59 Å². The maximum Gasteiger partial charge on any atom is 0.326 e. The quantitative estimate of drug-likeness (QED) is 0.728. The minimum absolute atomic E-state index is 0.0293. The predicted octanol–water partition coefficient (Wildman–Crippen LogP) is 1.08. The molecule has 112 valence electrons. The predicted molar refractivity (Wildman–Crippen MR) is 75.2 cm³/mol. The number of amides is 2. The second-order valence-corrected chi connectivity index (χ2v) is 5.41. The fourth-order valence-electron chi connectivity index (χ4n) is 2.01. The summed E-state index contributed by atoms with van der Waals surface area (Å²) in [6.07, 6.45) is 0. The summed E-state index contributed by atoms with van der Waals surface area (Å²) in [5, 5.41) is 11.7. The Hall–Kier alpha value is -1.30. The van der Waals surface area contributed by atoms with E-state index < -0.39 is 12.0 Å². The molecule has 0 fully saturated rings. The molecule has 0 heterocycles. The number of carboxylic acid groups (broad SMARTS) is 1. The average Bonchev–Trinajstić information content (AvgIpc) is 2.24. The minimum Gasteiger partial charge on any atom is -0.480 e. The summed E-state index contributed by atoms with van der Waals surface area (Å²) in [5.41, 5.74) is 0. The van der Waals surface area contributed by atoms with E-state index in [0.717, 1.165) is 6.54 Å². The lowest BCUT2D eigenvalue weighted by Crippen LogP contribution is -2.53. The Morgan fingerprint density at radius 3 is 2.05 bits per heavy atom. The van der Waals surface area contributed by atoms with E-state index in [9.17, 15) is 9.59 Å². The molecule has 0 saturated heterocycles. The number of hydrogen-bond donors (Lipinski definition) is 2. The standard InChI is InChI=1S/C13H27N3O3/c1-7-16(10(4)8-15(5)6)13(19)14-11(9(2)3)12(17)18/h9-11H,7-8H2,1-6H3,(H,14,19)(H,17,18). The molecule has 0 aromatic rings. The molecule has 0 saturated carbocycles. The normalized spacial score (nSPS) is 14.3. The first kappa shape index (κ1) is 17.7. The van der Waals surface area contributed by atoms with Crippen molar-refractivity contribution in [3.63, 3.8) is 0 Å². The van der Waals surface area contributed by atoms with Crippen LogP contribution in [-0.2, 0) is 4.79 Å². The molecule has 2 amide bonds. The van der Waals surface area contributed by atoms with E-state index >= 15 is 0 Å². The van der Waals surface area contributed by atoms with E-state index in [1.54, 1.807) is 18.7 Å². The Labute approximate surface area is 115 Å². The first-order valence-corrected chi connectivity index (χ1v) is 6.65. The van der Waals surface area contributed by atoms with E-state index in [-0.39, 0.29) is 18.0 Å². The third-order valence-electron chi connectivity index (χ3n) is 2.97. The van der Waals surface area contributed by atoms with Crippen molar-refractivity contribution >= 4 is 12.0 Å². The van der Waals surface area contributed by atoms with Gasteiger partial charge < -0.3 is 20.2 Å². The lowest BCUT2D eigenvalue weighted by atomic mass is 10.1. The van der Waals surface area contributed by atoms with Crippen LogP contribution in [0.1, 0.15) is 27.7 Å². The molecule has 0 aliphatic rings. The molecule has 6 nitrogen and oxygen atoms in total. The van der Waals surface area contributed by atoms with Crippen LogP contribution in [0.3, 0.4) is 0 Å². The molecule has 0 aromatic carbocycles. The second-order valence-electron chi connectivity index (χ2n) is 5.41. The molecular formula is C13H27N3O3. The van der Waals surface area contributed by atoms with E-state index in [0.29, 0.717) is 6.54 Å². The van der Waals surface area contributed by atoms with E-state index in [1.165, 1.54) is 0 Å². The number of urea groups is 1. The van der Waals surface area contributed by atoms with Gasteiger partial charge in [-0.05, 0) is 33.9 Å². The number of aliphatic carboxylic acids is 1. The highest BCUT2D eigenvalue weighted by molar-refractivity contribution is 5.82. The third kappa shape index (κ3) is 5.92. The number of likely N-dealkylation sites (N-methyl/N-ethyl adjacent to an activating group) is 2. The molecule has 6 heteroatoms. The summed E-state index contributed by atoms with van der Waals surface area (Å²) in [5.74, 6) is -1.15. The van der Waals surface area contributed by atoms with Gasteiger partial charge in [-0.15, -0.1) is 0 Å². The van der Waals surface area contributed by atoms with Gasteiger partial charge in [0.25, 0.3) is 0 Å². The van der Waals surface area contributed by atoms with Crippen LogP contribution in [0.15, 0.2) is 0 Å². The molecule has 2 N–H and O–H groups in total. The fourth-order valence-corrected chi connectivity index (χ4v) is 2.01. The number of carboxylic acids is 1. The number of rotatable bonds is 7. The number of nitrogens with zero attached hydrogens (tertiary/aromatic N) is 2. The van der Waals surface area contributed by atoms with Gasteiger partial charge in [-0.2, -0.15) is 0 Å². The summed E-state index contributed by atoms with van der Waals surface area (Å²) in [4.78, 5) is 26.9. The first-order valence-electron chi connectivity index (χ1n) is 6.65. The Bertz CT molecular complexity index is 306. The Morgan fingerprint density at radius 1 is 1.21 bits per heavy atom. The summed E-state index contributed by atoms with van der Waals surface area (Å²) >= 11 is 0. The maximum absolute atomic E-state index is 12.1. The Morgan fingerprint density at radius 2 is 1.74 bits per heavy atom. The van der Waals surface area contributed by atoms with Crippen molar-refractivity contribution in [3.8, 4) is 0 Å². The first-order chi connectivity index (χ1) is 8.70. The highest BCUT2D eigenvalue weighted by Crippen LogP contribution is 2.06. The molecule has 0 spiro atoms. The number of carbonyl (C=O) groups excluding carboxylic acids is 1. The van der Waals surface area contributed by atoms with Crippen molar-refractivity contribution in [1.82, 2.24) is 15.1 Å². The van der Waals surface area contributed by atoms with Crippen LogP contribution in [0.25, 0.3) is 0 Å². The molecular weight excluding hydrogens is 246 g/mol. The van der Waals surface area contributed by atoms with Crippen LogP contribution >= 0.6 is 0 Å². The fraction of sp³-hybridized carbons (Fsp3) is 0.846. The molecule has 2 unspecified atom stereocenters. The van der Waals surface area contributed by atoms with Gasteiger partial charge >= 0.3 is 12.0 Å². The Balaban J connectivity index is 4.71. The van der Waals surface area contributed by atoms with Crippen LogP contribution in [0, 0.1) is 5.92 Å². The lowest BCUT2D eigenvalue weighted by Gasteiger charge is -2.31. The number of carbonyl (C=O) groups is 2. The SMILES string of the molecule is CCN(C(=O)NC(C(=O)O)C(C)C)C(C)CN(C)C. The summed E-state index contributed by atoms with van der Waals surface area (Å²) in [6.45, 7) is 8.67. The number of nitrogens with one attached hydrogen (secondary N) is 1. The summed E-state index contributed by atoms with van der Waals surface area (Å²) < 4.78 is 0. The maximum atomic E-state index is 12.1. The molecule has 0 aliphatic heterocycles. The van der Waals surface area contributed by atoms with Crippen molar-refractivity contribution in [2.75, 3.05) is 27.2 Å². The van der Waals surface area contributed by atoms with Gasteiger partial charge in [0.1, 0.15) is 6.04 Å². The Kier molecular flexibility index (Phi) is 7.44. The van der Waals surface area contributed by atoms with E-state index in [4.69, 9.17) is 5.11 Å². The van der Waals surface area contributed by atoms with Crippen LogP contribution in [0.4, 0.5) is 4.79 Å².